The molecule has 0 saturated carbocycles. The average Bonchev–Trinajstić information content (AvgIpc) is 2.51. The first-order chi connectivity index (χ1) is 11.3. The average molecular weight is 346 g/mol. The van der Waals surface area contributed by atoms with Crippen LogP contribution in [0.3, 0.4) is 0 Å². The summed E-state index contributed by atoms with van der Waals surface area (Å²) in [5.41, 5.74) is 5.48. The van der Waals surface area contributed by atoms with E-state index in [4.69, 9.17) is 11.6 Å². The first-order valence-electron chi connectivity index (χ1n) is 8.27. The fourth-order valence-corrected chi connectivity index (χ4v) is 3.14. The predicted octanol–water partition coefficient (Wildman–Crippen LogP) is 3.92. The molecule has 0 radical (unpaired) electrons. The summed E-state index contributed by atoms with van der Waals surface area (Å²) >= 11 is 5.93. The molecule has 3 nitrogen and oxygen atoms in total. The van der Waals surface area contributed by atoms with E-state index in [1.54, 1.807) is 0 Å². The van der Waals surface area contributed by atoms with Gasteiger partial charge in [0.2, 0.25) is 0 Å². The minimum Gasteiger partial charge on any atom is -0.330 e. The third kappa shape index (κ3) is 4.59. The van der Waals surface area contributed by atoms with Gasteiger partial charge in [0.15, 0.2) is 6.04 Å². The molecular weight excluding hydrogens is 320 g/mol. The number of benzene rings is 2. The third-order valence-electron chi connectivity index (χ3n) is 4.31. The van der Waals surface area contributed by atoms with Crippen molar-refractivity contribution in [1.29, 1.82) is 0 Å². The number of halogens is 1. The number of rotatable bonds is 5. The summed E-state index contributed by atoms with van der Waals surface area (Å²) in [5, 5.41) is 5.87. The van der Waals surface area contributed by atoms with Gasteiger partial charge in [0, 0.05) is 16.3 Å². The highest BCUT2D eigenvalue weighted by Gasteiger charge is 2.21. The Kier molecular flexibility index (Phi) is 6.03. The van der Waals surface area contributed by atoms with Crippen molar-refractivity contribution >= 4 is 23.2 Å². The van der Waals surface area contributed by atoms with Crippen molar-refractivity contribution in [3.63, 3.8) is 0 Å². The monoisotopic (exact) mass is 345 g/mol. The predicted molar refractivity (Wildman–Crippen MR) is 101 cm³/mol. The molecule has 0 unspecified atom stereocenters. The highest BCUT2D eigenvalue weighted by molar-refractivity contribution is 6.30. The number of quaternary nitrogens is 1. The van der Waals surface area contributed by atoms with Gasteiger partial charge >= 0.3 is 0 Å². The van der Waals surface area contributed by atoms with Crippen LogP contribution >= 0.6 is 11.6 Å². The summed E-state index contributed by atoms with van der Waals surface area (Å²) in [7, 11) is 0. The number of amides is 1. The molecule has 0 aromatic heterocycles. The Labute approximate surface area is 149 Å². The van der Waals surface area contributed by atoms with Crippen LogP contribution in [0, 0.1) is 20.8 Å². The largest absolute Gasteiger partial charge is 0.330 e. The van der Waals surface area contributed by atoms with E-state index in [2.05, 4.69) is 36.6 Å². The molecule has 0 heterocycles. The van der Waals surface area contributed by atoms with Crippen LogP contribution in [0.15, 0.2) is 36.4 Å². The number of anilines is 1. The second-order valence-corrected chi connectivity index (χ2v) is 7.02. The van der Waals surface area contributed by atoms with Gasteiger partial charge in [-0.05, 0) is 57.9 Å². The molecule has 0 aliphatic rings. The standard InChI is InChI=1S/C20H25ClN2O/c1-12-10-13(2)19(14(3)11-12)23-20(24)16(5)22-15(4)17-6-8-18(21)9-7-17/h6-11,15-16,22H,1-5H3,(H,23,24)/p+1/t15-,16+/m0/s1. The van der Waals surface area contributed by atoms with E-state index in [9.17, 15) is 4.79 Å². The van der Waals surface area contributed by atoms with Crippen LogP contribution in [0.25, 0.3) is 0 Å². The van der Waals surface area contributed by atoms with Crippen molar-refractivity contribution in [1.82, 2.24) is 0 Å². The topological polar surface area (TPSA) is 45.7 Å². The van der Waals surface area contributed by atoms with Crippen molar-refractivity contribution < 1.29 is 10.1 Å². The molecule has 1 amide bonds. The minimum absolute atomic E-state index is 0.0193. The number of carbonyl (C=O) groups excluding carboxylic acids is 1. The first-order valence-corrected chi connectivity index (χ1v) is 8.65. The fraction of sp³-hybridized carbons (Fsp3) is 0.350. The number of hydrogen-bond donors (Lipinski definition) is 2. The summed E-state index contributed by atoms with van der Waals surface area (Å²) < 4.78 is 0. The highest BCUT2D eigenvalue weighted by Crippen LogP contribution is 2.22. The number of hydrogen-bond acceptors (Lipinski definition) is 1. The minimum atomic E-state index is -0.184. The highest BCUT2D eigenvalue weighted by atomic mass is 35.5. The molecule has 24 heavy (non-hydrogen) atoms. The van der Waals surface area contributed by atoms with Crippen LogP contribution in [-0.2, 0) is 4.79 Å². The van der Waals surface area contributed by atoms with Gasteiger partial charge in [0.25, 0.3) is 5.91 Å². The number of nitrogens with one attached hydrogen (secondary N) is 1. The van der Waals surface area contributed by atoms with Crippen LogP contribution < -0.4 is 10.6 Å². The van der Waals surface area contributed by atoms with Gasteiger partial charge in [-0.15, -0.1) is 0 Å². The Morgan fingerprint density at radius 3 is 2.12 bits per heavy atom. The maximum absolute atomic E-state index is 12.6. The molecule has 2 atom stereocenters. The maximum atomic E-state index is 12.6. The quantitative estimate of drug-likeness (QED) is 0.847. The second-order valence-electron chi connectivity index (χ2n) is 6.58. The van der Waals surface area contributed by atoms with E-state index < -0.39 is 0 Å². The Bertz CT molecular complexity index is 702. The number of nitrogens with two attached hydrogens (primary N) is 1. The summed E-state index contributed by atoms with van der Waals surface area (Å²) in [6.07, 6.45) is 0. The van der Waals surface area contributed by atoms with Crippen LogP contribution in [0.5, 0.6) is 0 Å². The van der Waals surface area contributed by atoms with E-state index >= 15 is 0 Å². The Morgan fingerprint density at radius 2 is 1.58 bits per heavy atom. The number of aryl methyl sites for hydroxylation is 3. The van der Waals surface area contributed by atoms with Crippen molar-refractivity contribution in [3.8, 4) is 0 Å². The zero-order chi connectivity index (χ0) is 17.9. The molecular formula is C20H26ClN2O+. The molecule has 2 aromatic carbocycles. The van der Waals surface area contributed by atoms with Crippen LogP contribution in [0.2, 0.25) is 5.02 Å². The van der Waals surface area contributed by atoms with E-state index in [1.165, 1.54) is 5.56 Å². The summed E-state index contributed by atoms with van der Waals surface area (Å²) in [4.78, 5) is 12.6. The first kappa shape index (κ1) is 18.5. The van der Waals surface area contributed by atoms with Crippen molar-refractivity contribution in [2.45, 2.75) is 46.7 Å². The van der Waals surface area contributed by atoms with E-state index in [0.717, 1.165) is 27.4 Å². The number of carbonyl (C=O) groups is 1. The van der Waals surface area contributed by atoms with E-state index in [1.807, 2.05) is 45.0 Å². The lowest BCUT2D eigenvalue weighted by Gasteiger charge is -2.18. The summed E-state index contributed by atoms with van der Waals surface area (Å²) in [6, 6.07) is 11.9. The lowest BCUT2D eigenvalue weighted by atomic mass is 10.0. The van der Waals surface area contributed by atoms with Gasteiger partial charge in [-0.2, -0.15) is 0 Å². The second kappa shape index (κ2) is 7.82. The molecule has 2 rings (SSSR count). The van der Waals surface area contributed by atoms with Gasteiger partial charge in [-0.25, -0.2) is 0 Å². The van der Waals surface area contributed by atoms with Gasteiger partial charge in [0.1, 0.15) is 6.04 Å². The zero-order valence-corrected chi connectivity index (χ0v) is 15.7. The molecule has 0 spiro atoms. The smallest absolute Gasteiger partial charge is 0.282 e. The van der Waals surface area contributed by atoms with Gasteiger partial charge in [-0.1, -0.05) is 41.4 Å². The summed E-state index contributed by atoms with van der Waals surface area (Å²) in [5.74, 6) is 0.0193. The van der Waals surface area contributed by atoms with Gasteiger partial charge in [-0.3, -0.25) is 4.79 Å². The molecule has 2 aromatic rings. The molecule has 0 aliphatic carbocycles. The molecule has 0 aliphatic heterocycles. The van der Waals surface area contributed by atoms with Gasteiger partial charge in [0.05, 0.1) is 0 Å². The Morgan fingerprint density at radius 1 is 1.04 bits per heavy atom. The van der Waals surface area contributed by atoms with E-state index in [-0.39, 0.29) is 18.0 Å². The van der Waals surface area contributed by atoms with E-state index in [0.29, 0.717) is 0 Å². The molecule has 0 bridgehead atoms. The van der Waals surface area contributed by atoms with Crippen LogP contribution in [0.4, 0.5) is 5.69 Å². The third-order valence-corrected chi connectivity index (χ3v) is 4.56. The molecule has 4 heteroatoms. The van der Waals surface area contributed by atoms with Crippen molar-refractivity contribution in [2.24, 2.45) is 0 Å². The Balaban J connectivity index is 2.03. The van der Waals surface area contributed by atoms with Crippen LogP contribution in [0.1, 0.15) is 42.1 Å². The normalized spacial score (nSPS) is 13.4. The van der Waals surface area contributed by atoms with Crippen LogP contribution in [-0.4, -0.2) is 11.9 Å². The summed E-state index contributed by atoms with van der Waals surface area (Å²) in [6.45, 7) is 10.1. The molecule has 128 valence electrons. The van der Waals surface area contributed by atoms with Crippen molar-refractivity contribution in [2.75, 3.05) is 5.32 Å². The zero-order valence-electron chi connectivity index (χ0n) is 15.0. The van der Waals surface area contributed by atoms with Crippen molar-refractivity contribution in [3.05, 3.63) is 63.7 Å². The maximum Gasteiger partial charge on any atom is 0.282 e. The van der Waals surface area contributed by atoms with Gasteiger partial charge < -0.3 is 10.6 Å². The SMILES string of the molecule is Cc1cc(C)c(NC(=O)[C@@H](C)[NH2+][C@@H](C)c2ccc(Cl)cc2)c(C)c1. The lowest BCUT2D eigenvalue weighted by molar-refractivity contribution is -0.709. The molecule has 0 fully saturated rings. The lowest BCUT2D eigenvalue weighted by Crippen LogP contribution is -2.91. The molecule has 3 N–H and O–H groups in total. The fourth-order valence-electron chi connectivity index (χ4n) is 3.01. The molecule has 0 saturated heterocycles. The Hall–Kier alpha value is -1.84.